The predicted octanol–water partition coefficient (Wildman–Crippen LogP) is 10.3. The molecule has 7 aromatic rings. The fraction of sp³-hybridized carbons (Fsp3) is 0.0750. The van der Waals surface area contributed by atoms with Gasteiger partial charge < -0.3 is 0 Å². The van der Waals surface area contributed by atoms with E-state index in [-0.39, 0.29) is 5.41 Å². The van der Waals surface area contributed by atoms with Gasteiger partial charge in [0.25, 0.3) is 0 Å². The highest BCUT2D eigenvalue weighted by Gasteiger charge is 2.35. The maximum Gasteiger partial charge on any atom is 0.145 e. The van der Waals surface area contributed by atoms with Crippen LogP contribution in [-0.2, 0) is 5.41 Å². The van der Waals surface area contributed by atoms with Crippen molar-refractivity contribution in [3.8, 4) is 50.5 Å². The van der Waals surface area contributed by atoms with Crippen molar-refractivity contribution in [3.05, 3.63) is 157 Å². The molecule has 0 radical (unpaired) electrons. The quantitative estimate of drug-likeness (QED) is 0.218. The molecule has 1 heterocycles. The van der Waals surface area contributed by atoms with Gasteiger partial charge in [-0.05, 0) is 80.9 Å². The number of benzene rings is 6. The van der Waals surface area contributed by atoms with E-state index in [1.807, 2.05) is 6.07 Å². The first-order valence-corrected chi connectivity index (χ1v) is 14.6. The Morgan fingerprint density at radius 1 is 0.476 bits per heavy atom. The number of aromatic nitrogens is 2. The molecule has 2 nitrogen and oxygen atoms in total. The lowest BCUT2D eigenvalue weighted by molar-refractivity contribution is 0.661. The highest BCUT2D eigenvalue weighted by atomic mass is 15.1. The molecule has 42 heavy (non-hydrogen) atoms. The monoisotopic (exact) mass is 538 g/mol. The molecule has 0 saturated heterocycles. The number of fused-ring (bicyclic) bond motifs is 4. The van der Waals surface area contributed by atoms with E-state index in [1.54, 1.807) is 0 Å². The molecule has 0 bridgehead atoms. The van der Waals surface area contributed by atoms with Crippen LogP contribution >= 0.6 is 0 Å². The molecule has 6 aromatic carbocycles. The van der Waals surface area contributed by atoms with Gasteiger partial charge in [0.2, 0.25) is 0 Å². The largest absolute Gasteiger partial charge is 0.292 e. The van der Waals surface area contributed by atoms with Gasteiger partial charge in [-0.15, -0.1) is 0 Å². The van der Waals surface area contributed by atoms with Crippen LogP contribution in [0.1, 0.15) is 25.0 Å². The fourth-order valence-corrected chi connectivity index (χ4v) is 6.60. The van der Waals surface area contributed by atoms with Gasteiger partial charge in [0, 0.05) is 16.7 Å². The van der Waals surface area contributed by atoms with Crippen LogP contribution in [0, 0.1) is 0 Å². The Labute approximate surface area is 246 Å². The average Bonchev–Trinajstić information content (AvgIpc) is 3.54. The maximum absolute atomic E-state index is 5.04. The van der Waals surface area contributed by atoms with Gasteiger partial charge in [-0.2, -0.15) is 0 Å². The van der Waals surface area contributed by atoms with Crippen LogP contribution in [0.3, 0.4) is 0 Å². The van der Waals surface area contributed by atoms with Crippen molar-refractivity contribution in [1.29, 1.82) is 0 Å². The van der Waals surface area contributed by atoms with E-state index in [0.29, 0.717) is 0 Å². The summed E-state index contributed by atoms with van der Waals surface area (Å²) in [6.45, 7) is 4.71. The van der Waals surface area contributed by atoms with Crippen molar-refractivity contribution in [2.75, 3.05) is 0 Å². The molecule has 200 valence electrons. The third-order valence-corrected chi connectivity index (χ3v) is 8.83. The first kappa shape index (κ1) is 24.6. The molecule has 0 spiro atoms. The van der Waals surface area contributed by atoms with E-state index < -0.39 is 0 Å². The summed E-state index contributed by atoms with van der Waals surface area (Å²) in [5, 5.41) is 0. The molecule has 0 saturated carbocycles. The van der Waals surface area contributed by atoms with Crippen molar-refractivity contribution < 1.29 is 0 Å². The Balaban J connectivity index is 1.17. The number of hydrogen-bond acceptors (Lipinski definition) is 1. The molecule has 0 fully saturated rings. The Morgan fingerprint density at radius 2 is 0.976 bits per heavy atom. The Morgan fingerprint density at radius 3 is 1.62 bits per heavy atom. The first-order valence-electron chi connectivity index (χ1n) is 14.6. The van der Waals surface area contributed by atoms with Gasteiger partial charge >= 0.3 is 0 Å². The molecule has 0 N–H and O–H groups in total. The normalized spacial score (nSPS) is 13.2. The molecule has 1 aliphatic carbocycles. The zero-order chi connectivity index (χ0) is 28.3. The van der Waals surface area contributed by atoms with Gasteiger partial charge in [-0.3, -0.25) is 4.57 Å². The standard InChI is InChI=1S/C40H30N2/c1-40(2)35-25-30(27-11-5-3-6-12-27)21-23-33(35)34-24-22-31(26-36(34)40)28-17-19-29(20-18-28)39-41-37-15-9-10-16-38(37)42(39)32-13-7-4-8-14-32/h3-26H,1-2H3. The Bertz CT molecular complexity index is 2080. The van der Waals surface area contributed by atoms with Gasteiger partial charge in [-0.25, -0.2) is 4.98 Å². The van der Waals surface area contributed by atoms with Crippen LogP contribution in [0.2, 0.25) is 0 Å². The predicted molar refractivity (Wildman–Crippen MR) is 175 cm³/mol. The topological polar surface area (TPSA) is 17.8 Å². The van der Waals surface area contributed by atoms with E-state index in [2.05, 4.69) is 158 Å². The number of rotatable bonds is 4. The second-order valence-electron chi connectivity index (χ2n) is 11.7. The lowest BCUT2D eigenvalue weighted by Gasteiger charge is -2.22. The number of nitrogens with zero attached hydrogens (tertiary/aromatic N) is 2. The first-order chi connectivity index (χ1) is 20.6. The fourth-order valence-electron chi connectivity index (χ4n) is 6.60. The van der Waals surface area contributed by atoms with Crippen LogP contribution in [0.4, 0.5) is 0 Å². The Hall–Kier alpha value is -5.21. The van der Waals surface area contributed by atoms with Crippen molar-refractivity contribution in [2.45, 2.75) is 19.3 Å². The highest BCUT2D eigenvalue weighted by Crippen LogP contribution is 2.50. The zero-order valence-electron chi connectivity index (χ0n) is 23.8. The van der Waals surface area contributed by atoms with Crippen molar-refractivity contribution in [3.63, 3.8) is 0 Å². The maximum atomic E-state index is 5.04. The number of imidazole rings is 1. The lowest BCUT2D eigenvalue weighted by atomic mass is 9.81. The second-order valence-corrected chi connectivity index (χ2v) is 11.7. The summed E-state index contributed by atoms with van der Waals surface area (Å²) in [5.41, 5.74) is 14.7. The molecule has 0 aliphatic heterocycles. The molecule has 8 rings (SSSR count). The van der Waals surface area contributed by atoms with E-state index in [1.165, 1.54) is 44.5 Å². The summed E-state index contributed by atoms with van der Waals surface area (Å²) in [4.78, 5) is 5.04. The minimum absolute atomic E-state index is 0.0774. The summed E-state index contributed by atoms with van der Waals surface area (Å²) >= 11 is 0. The van der Waals surface area contributed by atoms with Crippen molar-refractivity contribution in [2.24, 2.45) is 0 Å². The number of para-hydroxylation sites is 3. The summed E-state index contributed by atoms with van der Waals surface area (Å²) < 4.78 is 2.25. The third-order valence-electron chi connectivity index (χ3n) is 8.83. The van der Waals surface area contributed by atoms with Gasteiger partial charge in [0.1, 0.15) is 5.82 Å². The van der Waals surface area contributed by atoms with Gasteiger partial charge in [0.15, 0.2) is 0 Å². The molecule has 1 aromatic heterocycles. The van der Waals surface area contributed by atoms with Crippen LogP contribution in [0.15, 0.2) is 146 Å². The van der Waals surface area contributed by atoms with E-state index in [4.69, 9.17) is 4.98 Å². The molecule has 0 amide bonds. The van der Waals surface area contributed by atoms with E-state index in [0.717, 1.165) is 28.1 Å². The summed E-state index contributed by atoms with van der Waals surface area (Å²) in [5.74, 6) is 0.953. The SMILES string of the molecule is CC1(C)c2cc(-c3ccccc3)ccc2-c2ccc(-c3ccc(-c4nc5ccccc5n4-c4ccccc4)cc3)cc21. The molecular weight excluding hydrogens is 508 g/mol. The molecule has 0 unspecified atom stereocenters. The highest BCUT2D eigenvalue weighted by molar-refractivity contribution is 5.87. The number of hydrogen-bond donors (Lipinski definition) is 0. The van der Waals surface area contributed by atoms with Crippen LogP contribution < -0.4 is 0 Å². The summed E-state index contributed by atoms with van der Waals surface area (Å²) in [6, 6.07) is 52.3. The minimum atomic E-state index is -0.0774. The van der Waals surface area contributed by atoms with E-state index in [9.17, 15) is 0 Å². The van der Waals surface area contributed by atoms with Crippen molar-refractivity contribution in [1.82, 2.24) is 9.55 Å². The van der Waals surface area contributed by atoms with E-state index >= 15 is 0 Å². The van der Waals surface area contributed by atoms with Crippen molar-refractivity contribution >= 4 is 11.0 Å². The third kappa shape index (κ3) is 3.83. The van der Waals surface area contributed by atoms with Gasteiger partial charge in [-0.1, -0.05) is 123 Å². The molecule has 2 heteroatoms. The minimum Gasteiger partial charge on any atom is -0.292 e. The second kappa shape index (κ2) is 9.43. The van der Waals surface area contributed by atoms with Crippen LogP contribution in [-0.4, -0.2) is 9.55 Å². The molecule has 0 atom stereocenters. The summed E-state index contributed by atoms with van der Waals surface area (Å²) in [6.07, 6.45) is 0. The summed E-state index contributed by atoms with van der Waals surface area (Å²) in [7, 11) is 0. The lowest BCUT2D eigenvalue weighted by Crippen LogP contribution is -2.15. The average molecular weight is 539 g/mol. The zero-order valence-corrected chi connectivity index (χ0v) is 23.8. The van der Waals surface area contributed by atoms with Crippen LogP contribution in [0.25, 0.3) is 61.5 Å². The Kier molecular flexibility index (Phi) is 5.52. The van der Waals surface area contributed by atoms with Gasteiger partial charge in [0.05, 0.1) is 11.0 Å². The van der Waals surface area contributed by atoms with Crippen LogP contribution in [0.5, 0.6) is 0 Å². The smallest absolute Gasteiger partial charge is 0.145 e. The molecular formula is C40H30N2. The molecule has 1 aliphatic rings.